The van der Waals surface area contributed by atoms with Gasteiger partial charge in [0.25, 0.3) is 0 Å². The summed E-state index contributed by atoms with van der Waals surface area (Å²) in [6.07, 6.45) is 1.94. The number of imidazole rings is 1. The van der Waals surface area contributed by atoms with Crippen molar-refractivity contribution in [1.82, 2.24) is 9.38 Å². The Morgan fingerprint density at radius 1 is 1.24 bits per heavy atom. The first-order valence-corrected chi connectivity index (χ1v) is 6.75. The zero-order chi connectivity index (χ0) is 14.8. The number of ether oxygens (including phenoxy) is 1. The number of aromatic nitrogens is 2. The molecule has 0 N–H and O–H groups in total. The minimum atomic E-state index is -0.247. The molecule has 1 aromatic carbocycles. The second-order valence-corrected chi connectivity index (χ2v) is 4.86. The van der Waals surface area contributed by atoms with E-state index in [2.05, 4.69) is 11.1 Å². The van der Waals surface area contributed by atoms with Gasteiger partial charge in [0.2, 0.25) is 0 Å². The number of pyridine rings is 1. The predicted molar refractivity (Wildman–Crippen MR) is 81.2 cm³/mol. The summed E-state index contributed by atoms with van der Waals surface area (Å²) in [5.74, 6) is 0.531. The molecule has 3 aromatic rings. The molecule has 4 nitrogen and oxygen atoms in total. The first kappa shape index (κ1) is 13.2. The maximum atomic E-state index is 9.32. The third kappa shape index (κ3) is 2.23. The number of rotatable bonds is 3. The molecule has 0 aliphatic rings. The van der Waals surface area contributed by atoms with Crippen molar-refractivity contribution in [3.05, 3.63) is 54.4 Å². The largest absolute Gasteiger partial charge is 0.497 e. The van der Waals surface area contributed by atoms with E-state index in [1.807, 2.05) is 60.0 Å². The average Bonchev–Trinajstić information content (AvgIpc) is 2.93. The predicted octanol–water partition coefficient (Wildman–Crippen LogP) is 3.64. The third-order valence-electron chi connectivity index (χ3n) is 3.51. The van der Waals surface area contributed by atoms with E-state index >= 15 is 0 Å². The quantitative estimate of drug-likeness (QED) is 0.734. The average molecular weight is 277 g/mol. The van der Waals surface area contributed by atoms with Crippen molar-refractivity contribution < 1.29 is 4.74 Å². The van der Waals surface area contributed by atoms with Gasteiger partial charge in [-0.2, -0.15) is 5.26 Å². The van der Waals surface area contributed by atoms with E-state index in [4.69, 9.17) is 4.74 Å². The zero-order valence-corrected chi connectivity index (χ0v) is 11.9. The van der Waals surface area contributed by atoms with Crippen molar-refractivity contribution in [2.45, 2.75) is 12.8 Å². The Bertz CT molecular complexity index is 829. The number of nitrogens with zero attached hydrogens (tertiary/aromatic N) is 3. The van der Waals surface area contributed by atoms with Crippen molar-refractivity contribution >= 4 is 5.65 Å². The van der Waals surface area contributed by atoms with Gasteiger partial charge in [-0.25, -0.2) is 4.98 Å². The van der Waals surface area contributed by atoms with Crippen LogP contribution in [-0.4, -0.2) is 16.5 Å². The molecule has 0 saturated carbocycles. The molecule has 0 spiro atoms. The highest BCUT2D eigenvalue weighted by Crippen LogP contribution is 2.31. The Morgan fingerprint density at radius 3 is 2.86 bits per heavy atom. The fourth-order valence-corrected chi connectivity index (χ4v) is 2.47. The molecule has 104 valence electrons. The van der Waals surface area contributed by atoms with Gasteiger partial charge >= 0.3 is 0 Å². The Morgan fingerprint density at radius 2 is 2.10 bits per heavy atom. The molecular formula is C17H15N3O. The lowest BCUT2D eigenvalue weighted by atomic mass is 10.0. The topological polar surface area (TPSA) is 50.3 Å². The van der Waals surface area contributed by atoms with Crippen LogP contribution < -0.4 is 4.74 Å². The summed E-state index contributed by atoms with van der Waals surface area (Å²) >= 11 is 0. The molecule has 0 aliphatic carbocycles. The third-order valence-corrected chi connectivity index (χ3v) is 3.51. The lowest BCUT2D eigenvalue weighted by Crippen LogP contribution is -1.98. The monoisotopic (exact) mass is 277 g/mol. The van der Waals surface area contributed by atoms with Crippen LogP contribution in [-0.2, 0) is 0 Å². The summed E-state index contributed by atoms with van der Waals surface area (Å²) in [4.78, 5) is 4.68. The first-order valence-electron chi connectivity index (χ1n) is 6.75. The van der Waals surface area contributed by atoms with Crippen LogP contribution in [0.5, 0.6) is 5.75 Å². The van der Waals surface area contributed by atoms with Crippen molar-refractivity contribution in [3.8, 4) is 23.1 Å². The molecule has 4 heteroatoms. The minimum Gasteiger partial charge on any atom is -0.497 e. The van der Waals surface area contributed by atoms with Crippen LogP contribution >= 0.6 is 0 Å². The van der Waals surface area contributed by atoms with E-state index in [0.717, 1.165) is 28.3 Å². The molecule has 3 rings (SSSR count). The van der Waals surface area contributed by atoms with Gasteiger partial charge in [0.15, 0.2) is 0 Å². The number of methoxy groups -OCH3 is 1. The summed E-state index contributed by atoms with van der Waals surface area (Å²) in [5, 5.41) is 9.32. The summed E-state index contributed by atoms with van der Waals surface area (Å²) < 4.78 is 7.25. The van der Waals surface area contributed by atoms with Crippen LogP contribution in [0.25, 0.3) is 16.9 Å². The highest BCUT2D eigenvalue weighted by Gasteiger charge is 2.19. The summed E-state index contributed by atoms with van der Waals surface area (Å²) in [6.45, 7) is 1.89. The summed E-state index contributed by atoms with van der Waals surface area (Å²) in [5.41, 5.74) is 3.53. The molecule has 1 unspecified atom stereocenters. The van der Waals surface area contributed by atoms with E-state index in [9.17, 15) is 5.26 Å². The molecule has 1 atom stereocenters. The lowest BCUT2D eigenvalue weighted by Gasteiger charge is -2.07. The highest BCUT2D eigenvalue weighted by atomic mass is 16.5. The number of fused-ring (bicyclic) bond motifs is 1. The summed E-state index contributed by atoms with van der Waals surface area (Å²) in [6, 6.07) is 15.9. The van der Waals surface area contributed by atoms with Crippen LogP contribution in [0.4, 0.5) is 0 Å². The van der Waals surface area contributed by atoms with Crippen LogP contribution in [0, 0.1) is 11.3 Å². The second-order valence-electron chi connectivity index (χ2n) is 4.86. The SMILES string of the molecule is COc1cccc(-c2nc3ccccn3c2C(C)C#N)c1. The molecule has 0 bridgehead atoms. The van der Waals surface area contributed by atoms with Crippen molar-refractivity contribution in [2.75, 3.05) is 7.11 Å². The maximum absolute atomic E-state index is 9.32. The Hall–Kier alpha value is -2.80. The van der Waals surface area contributed by atoms with E-state index < -0.39 is 0 Å². The number of hydrogen-bond donors (Lipinski definition) is 0. The Balaban J connectivity index is 2.28. The molecule has 21 heavy (non-hydrogen) atoms. The molecule has 0 radical (unpaired) electrons. The van der Waals surface area contributed by atoms with Crippen molar-refractivity contribution in [2.24, 2.45) is 0 Å². The van der Waals surface area contributed by atoms with Gasteiger partial charge in [-0.05, 0) is 31.2 Å². The minimum absolute atomic E-state index is 0.247. The van der Waals surface area contributed by atoms with E-state index in [1.54, 1.807) is 7.11 Å². The van der Waals surface area contributed by atoms with Gasteiger partial charge in [0, 0.05) is 11.8 Å². The highest BCUT2D eigenvalue weighted by molar-refractivity contribution is 5.69. The van der Waals surface area contributed by atoms with E-state index in [-0.39, 0.29) is 5.92 Å². The first-order chi connectivity index (χ1) is 10.2. The lowest BCUT2D eigenvalue weighted by molar-refractivity contribution is 0.415. The fraction of sp³-hybridized carbons (Fsp3) is 0.176. The van der Waals surface area contributed by atoms with Crippen LogP contribution in [0.1, 0.15) is 18.5 Å². The molecule has 0 fully saturated rings. The van der Waals surface area contributed by atoms with Gasteiger partial charge in [-0.1, -0.05) is 18.2 Å². The molecule has 2 heterocycles. The van der Waals surface area contributed by atoms with Crippen molar-refractivity contribution in [1.29, 1.82) is 5.26 Å². The zero-order valence-electron chi connectivity index (χ0n) is 11.9. The van der Waals surface area contributed by atoms with Crippen LogP contribution in [0.15, 0.2) is 48.7 Å². The van der Waals surface area contributed by atoms with Gasteiger partial charge in [0.1, 0.15) is 11.4 Å². The number of nitriles is 1. The molecule has 0 aliphatic heterocycles. The van der Waals surface area contributed by atoms with Gasteiger partial charge in [-0.3, -0.25) is 0 Å². The van der Waals surface area contributed by atoms with Gasteiger partial charge < -0.3 is 9.14 Å². The molecular weight excluding hydrogens is 262 g/mol. The summed E-state index contributed by atoms with van der Waals surface area (Å²) in [7, 11) is 1.64. The maximum Gasteiger partial charge on any atom is 0.137 e. The standard InChI is InChI=1S/C17H15N3O/c1-12(11-18)17-16(13-6-5-7-14(10-13)21-2)19-15-8-3-4-9-20(15)17/h3-10,12H,1-2H3. The fourth-order valence-electron chi connectivity index (χ4n) is 2.47. The van der Waals surface area contributed by atoms with Crippen LogP contribution in [0.3, 0.4) is 0 Å². The molecule has 0 amide bonds. The number of benzene rings is 1. The molecule has 0 saturated heterocycles. The van der Waals surface area contributed by atoms with Gasteiger partial charge in [-0.15, -0.1) is 0 Å². The normalized spacial score (nSPS) is 12.0. The smallest absolute Gasteiger partial charge is 0.137 e. The van der Waals surface area contributed by atoms with E-state index in [0.29, 0.717) is 0 Å². The van der Waals surface area contributed by atoms with Crippen LogP contribution in [0.2, 0.25) is 0 Å². The van der Waals surface area contributed by atoms with Crippen molar-refractivity contribution in [3.63, 3.8) is 0 Å². The number of hydrogen-bond acceptors (Lipinski definition) is 3. The van der Waals surface area contributed by atoms with Gasteiger partial charge in [0.05, 0.1) is 30.5 Å². The Labute approximate surface area is 123 Å². The molecule has 2 aromatic heterocycles. The van der Waals surface area contributed by atoms with E-state index in [1.165, 1.54) is 0 Å². The second kappa shape index (κ2) is 5.29. The Kier molecular flexibility index (Phi) is 3.33.